The average Bonchev–Trinajstić information content (AvgIpc) is 2.84. The molecule has 34 heavy (non-hydrogen) atoms. The number of carbonyl (C=O) groups is 2. The number of non-ortho nitro benzene ring substituents is 1. The molecule has 0 spiro atoms. The van der Waals surface area contributed by atoms with E-state index in [-0.39, 0.29) is 18.0 Å². The summed E-state index contributed by atoms with van der Waals surface area (Å²) in [6, 6.07) is 19.6. The van der Waals surface area contributed by atoms with Gasteiger partial charge in [-0.05, 0) is 42.0 Å². The number of nitro benzene ring substituents is 1. The van der Waals surface area contributed by atoms with Crippen LogP contribution in [0.15, 0.2) is 88.4 Å². The number of halogens is 1. The van der Waals surface area contributed by atoms with Crippen LogP contribution in [-0.2, 0) is 9.59 Å². The normalized spacial score (nSPS) is 10.9. The van der Waals surface area contributed by atoms with Gasteiger partial charge in [-0.1, -0.05) is 46.3 Å². The van der Waals surface area contributed by atoms with Crippen LogP contribution < -0.4 is 14.9 Å². The molecule has 0 unspecified atom stereocenters. The maximum Gasteiger partial charge on any atom is 0.336 e. The summed E-state index contributed by atoms with van der Waals surface area (Å²) in [4.78, 5) is 34.3. The summed E-state index contributed by atoms with van der Waals surface area (Å²) >= 11 is 3.34. The largest absolute Gasteiger partial charge is 0.484 e. The summed E-state index contributed by atoms with van der Waals surface area (Å²) in [5.74, 6) is -0.559. The molecule has 172 valence electrons. The van der Waals surface area contributed by atoms with E-state index in [9.17, 15) is 19.7 Å². The molecular formula is C24H18BrN3O6. The molecule has 3 aromatic rings. The number of rotatable bonds is 9. The minimum Gasteiger partial charge on any atom is -0.484 e. The molecule has 0 heterocycles. The third kappa shape index (κ3) is 7.68. The lowest BCUT2D eigenvalue weighted by atomic mass is 10.2. The first-order valence-electron chi connectivity index (χ1n) is 9.84. The molecule has 0 radical (unpaired) electrons. The number of ether oxygens (including phenoxy) is 2. The molecule has 0 aromatic heterocycles. The monoisotopic (exact) mass is 523 g/mol. The first kappa shape index (κ1) is 24.3. The number of nitrogens with one attached hydrogen (secondary N) is 1. The topological polar surface area (TPSA) is 120 Å². The Kier molecular flexibility index (Phi) is 8.64. The van der Waals surface area contributed by atoms with Gasteiger partial charge >= 0.3 is 5.97 Å². The van der Waals surface area contributed by atoms with Crippen LogP contribution in [0.4, 0.5) is 5.69 Å². The molecule has 1 N–H and O–H groups in total. The summed E-state index contributed by atoms with van der Waals surface area (Å²) in [7, 11) is 0. The SMILES string of the molecule is O=C(COc1ccc([N+](=O)[O-])cc1)NN=Cc1cc(Br)ccc1OC(=O)C=Cc1ccccc1. The van der Waals surface area contributed by atoms with Crippen molar-refractivity contribution in [1.82, 2.24) is 5.43 Å². The van der Waals surface area contributed by atoms with Gasteiger partial charge in [0.2, 0.25) is 0 Å². The molecule has 3 rings (SSSR count). The fourth-order valence-corrected chi connectivity index (χ4v) is 2.98. The first-order chi connectivity index (χ1) is 16.4. The molecular weight excluding hydrogens is 506 g/mol. The Labute approximate surface area is 203 Å². The molecule has 0 aliphatic carbocycles. The van der Waals surface area contributed by atoms with Crippen LogP contribution in [0, 0.1) is 10.1 Å². The molecule has 0 atom stereocenters. The van der Waals surface area contributed by atoms with E-state index < -0.39 is 16.8 Å². The van der Waals surface area contributed by atoms with Crippen molar-refractivity contribution in [2.75, 3.05) is 6.61 Å². The smallest absolute Gasteiger partial charge is 0.336 e. The van der Waals surface area contributed by atoms with Crippen molar-refractivity contribution in [1.29, 1.82) is 0 Å². The van der Waals surface area contributed by atoms with Crippen molar-refractivity contribution in [2.24, 2.45) is 5.10 Å². The van der Waals surface area contributed by atoms with Crippen molar-refractivity contribution in [2.45, 2.75) is 0 Å². The molecule has 10 heteroatoms. The van der Waals surface area contributed by atoms with E-state index in [1.165, 1.54) is 36.6 Å². The number of amides is 1. The highest BCUT2D eigenvalue weighted by molar-refractivity contribution is 9.10. The summed E-state index contributed by atoms with van der Waals surface area (Å²) in [5.41, 5.74) is 3.53. The Morgan fingerprint density at radius 1 is 1.06 bits per heavy atom. The van der Waals surface area contributed by atoms with Crippen molar-refractivity contribution in [3.05, 3.63) is 105 Å². The number of carbonyl (C=O) groups excluding carboxylic acids is 2. The van der Waals surface area contributed by atoms with Gasteiger partial charge < -0.3 is 9.47 Å². The van der Waals surface area contributed by atoms with Gasteiger partial charge in [0, 0.05) is 28.2 Å². The molecule has 0 aliphatic heterocycles. The zero-order valence-corrected chi connectivity index (χ0v) is 19.2. The van der Waals surface area contributed by atoms with Crippen molar-refractivity contribution in [3.63, 3.8) is 0 Å². The van der Waals surface area contributed by atoms with Crippen LogP contribution in [0.2, 0.25) is 0 Å². The standard InChI is InChI=1S/C24H18BrN3O6/c25-19-7-12-22(34-24(30)13-6-17-4-2-1-3-5-17)18(14-19)15-26-27-23(29)16-33-21-10-8-20(9-11-21)28(31)32/h1-15H,16H2,(H,27,29). The quantitative estimate of drug-likeness (QED) is 0.110. The van der Waals surface area contributed by atoms with Crippen LogP contribution in [-0.4, -0.2) is 29.6 Å². The molecule has 0 saturated carbocycles. The Bertz CT molecular complexity index is 1230. The number of esters is 1. The van der Waals surface area contributed by atoms with E-state index in [0.717, 1.165) is 10.0 Å². The van der Waals surface area contributed by atoms with Crippen LogP contribution in [0.3, 0.4) is 0 Å². The lowest BCUT2D eigenvalue weighted by Crippen LogP contribution is -2.24. The highest BCUT2D eigenvalue weighted by Crippen LogP contribution is 2.22. The second-order valence-corrected chi connectivity index (χ2v) is 7.60. The third-order valence-corrected chi connectivity index (χ3v) is 4.70. The maximum absolute atomic E-state index is 12.2. The van der Waals surface area contributed by atoms with Gasteiger partial charge in [0.15, 0.2) is 6.61 Å². The van der Waals surface area contributed by atoms with Crippen LogP contribution >= 0.6 is 15.9 Å². The Morgan fingerprint density at radius 2 is 1.79 bits per heavy atom. The van der Waals surface area contributed by atoms with Gasteiger partial charge in [-0.25, -0.2) is 10.2 Å². The zero-order valence-electron chi connectivity index (χ0n) is 17.6. The van der Waals surface area contributed by atoms with E-state index in [1.54, 1.807) is 24.3 Å². The van der Waals surface area contributed by atoms with Gasteiger partial charge in [0.05, 0.1) is 11.1 Å². The number of nitrogens with zero attached hydrogens (tertiary/aromatic N) is 2. The average molecular weight is 524 g/mol. The lowest BCUT2D eigenvalue weighted by molar-refractivity contribution is -0.384. The molecule has 0 bridgehead atoms. The second-order valence-electron chi connectivity index (χ2n) is 6.68. The van der Waals surface area contributed by atoms with E-state index in [0.29, 0.717) is 11.3 Å². The lowest BCUT2D eigenvalue weighted by Gasteiger charge is -2.07. The predicted octanol–water partition coefficient (Wildman–Crippen LogP) is 4.51. The number of hydrogen-bond acceptors (Lipinski definition) is 7. The summed E-state index contributed by atoms with van der Waals surface area (Å²) in [6.07, 6.45) is 4.29. The number of hydrazone groups is 1. The van der Waals surface area contributed by atoms with E-state index >= 15 is 0 Å². The number of benzene rings is 3. The van der Waals surface area contributed by atoms with E-state index in [1.807, 2.05) is 30.3 Å². The zero-order chi connectivity index (χ0) is 24.3. The fraction of sp³-hybridized carbons (Fsp3) is 0.0417. The van der Waals surface area contributed by atoms with Gasteiger partial charge in [-0.2, -0.15) is 5.10 Å². The minimum atomic E-state index is -0.568. The summed E-state index contributed by atoms with van der Waals surface area (Å²) in [5, 5.41) is 14.5. The number of hydrogen-bond donors (Lipinski definition) is 1. The maximum atomic E-state index is 12.2. The van der Waals surface area contributed by atoms with Crippen molar-refractivity contribution >= 4 is 45.8 Å². The predicted molar refractivity (Wildman–Crippen MR) is 130 cm³/mol. The highest BCUT2D eigenvalue weighted by Gasteiger charge is 2.08. The van der Waals surface area contributed by atoms with Crippen molar-refractivity contribution < 1.29 is 24.0 Å². The first-order valence-corrected chi connectivity index (χ1v) is 10.6. The molecule has 0 aliphatic rings. The second kappa shape index (κ2) is 12.1. The van der Waals surface area contributed by atoms with E-state index in [4.69, 9.17) is 9.47 Å². The van der Waals surface area contributed by atoms with Crippen LogP contribution in [0.25, 0.3) is 6.08 Å². The molecule has 0 saturated heterocycles. The molecule has 1 amide bonds. The van der Waals surface area contributed by atoms with Gasteiger partial charge in [-0.15, -0.1) is 0 Å². The Hall–Kier alpha value is -4.31. The highest BCUT2D eigenvalue weighted by atomic mass is 79.9. The van der Waals surface area contributed by atoms with Gasteiger partial charge in [0.1, 0.15) is 11.5 Å². The van der Waals surface area contributed by atoms with E-state index in [2.05, 4.69) is 26.5 Å². The number of nitro groups is 1. The van der Waals surface area contributed by atoms with Crippen LogP contribution in [0.5, 0.6) is 11.5 Å². The fourth-order valence-electron chi connectivity index (χ4n) is 2.60. The molecule has 0 fully saturated rings. The Morgan fingerprint density at radius 3 is 2.50 bits per heavy atom. The minimum absolute atomic E-state index is 0.0810. The van der Waals surface area contributed by atoms with Crippen molar-refractivity contribution in [3.8, 4) is 11.5 Å². The molecule has 9 nitrogen and oxygen atoms in total. The Balaban J connectivity index is 1.55. The summed E-state index contributed by atoms with van der Waals surface area (Å²) < 4.78 is 11.4. The van der Waals surface area contributed by atoms with Crippen LogP contribution in [0.1, 0.15) is 11.1 Å². The van der Waals surface area contributed by atoms with Gasteiger partial charge in [-0.3, -0.25) is 14.9 Å². The molecule has 3 aromatic carbocycles. The summed E-state index contributed by atoms with van der Waals surface area (Å²) in [6.45, 7) is -0.347. The van der Waals surface area contributed by atoms with Gasteiger partial charge in [0.25, 0.3) is 11.6 Å². The third-order valence-electron chi connectivity index (χ3n) is 4.20.